The summed E-state index contributed by atoms with van der Waals surface area (Å²) in [6.45, 7) is 1.18. The molecule has 0 heterocycles. The molecule has 1 unspecified atom stereocenters. The predicted molar refractivity (Wildman–Crippen MR) is 47.7 cm³/mol. The van der Waals surface area contributed by atoms with Crippen LogP contribution in [0.2, 0.25) is 0 Å². The Morgan fingerprint density at radius 1 is 1.54 bits per heavy atom. The first-order valence-electron chi connectivity index (χ1n) is 3.54. The van der Waals surface area contributed by atoms with Gasteiger partial charge >= 0.3 is 11.9 Å². The number of carbonyl (C=O) groups is 2. The number of ether oxygens (including phenoxy) is 1. The molecule has 1 radical (unpaired) electrons. The molecule has 0 spiro atoms. The third-order valence-corrected chi connectivity index (χ3v) is 1.82. The zero-order valence-electron chi connectivity index (χ0n) is 7.58. The maximum Gasteiger partial charge on any atom is 0.330 e. The van der Waals surface area contributed by atoms with Crippen molar-refractivity contribution in [3.05, 3.63) is 0 Å². The van der Waals surface area contributed by atoms with Gasteiger partial charge < -0.3 is 10.5 Å². The van der Waals surface area contributed by atoms with Gasteiger partial charge in [0.25, 0.3) is 0 Å². The van der Waals surface area contributed by atoms with Gasteiger partial charge in [0.05, 0.1) is 0 Å². The quantitative estimate of drug-likeness (QED) is 0.434. The first-order chi connectivity index (χ1) is 5.57. The molecular formula is C7H13MnNO3S. The Bertz CT molecular complexity index is 177. The second-order valence-corrected chi connectivity index (χ2v) is 3.29. The fourth-order valence-corrected chi connectivity index (χ4v) is 1.07. The summed E-state index contributed by atoms with van der Waals surface area (Å²) in [4.78, 5) is 21.2. The van der Waals surface area contributed by atoms with Crippen molar-refractivity contribution < 1.29 is 31.4 Å². The Morgan fingerprint density at radius 2 is 2.08 bits per heavy atom. The van der Waals surface area contributed by atoms with E-state index in [1.807, 2.05) is 6.26 Å². The minimum Gasteiger partial charge on any atom is -0.392 e. The second kappa shape index (κ2) is 8.56. The topological polar surface area (TPSA) is 69.4 Å². The summed E-state index contributed by atoms with van der Waals surface area (Å²) in [7, 11) is 0. The monoisotopic (exact) mass is 246 g/mol. The number of hydrogen-bond acceptors (Lipinski definition) is 5. The first kappa shape index (κ1) is 15.4. The van der Waals surface area contributed by atoms with Crippen molar-refractivity contribution in [3.8, 4) is 0 Å². The summed E-state index contributed by atoms with van der Waals surface area (Å²) in [6, 6.07) is -0.679. The average Bonchev–Trinajstić information content (AvgIpc) is 1.98. The van der Waals surface area contributed by atoms with Gasteiger partial charge in [-0.1, -0.05) is 0 Å². The van der Waals surface area contributed by atoms with Crippen LogP contribution in [0, 0.1) is 0 Å². The minimum atomic E-state index is -0.679. The van der Waals surface area contributed by atoms with Gasteiger partial charge in [0.15, 0.2) is 0 Å². The van der Waals surface area contributed by atoms with Crippen molar-refractivity contribution in [1.29, 1.82) is 0 Å². The molecule has 13 heavy (non-hydrogen) atoms. The maximum atomic E-state index is 10.9. The minimum absolute atomic E-state index is 0. The van der Waals surface area contributed by atoms with Crippen molar-refractivity contribution in [1.82, 2.24) is 0 Å². The molecule has 0 rings (SSSR count). The largest absolute Gasteiger partial charge is 0.392 e. The van der Waals surface area contributed by atoms with Gasteiger partial charge in [0.2, 0.25) is 0 Å². The van der Waals surface area contributed by atoms with E-state index in [1.165, 1.54) is 6.92 Å². The van der Waals surface area contributed by atoms with Crippen molar-refractivity contribution in [2.75, 3.05) is 12.0 Å². The number of nitrogens with two attached hydrogens (primary N) is 1. The van der Waals surface area contributed by atoms with Crippen LogP contribution >= 0.6 is 11.8 Å². The van der Waals surface area contributed by atoms with Crippen LogP contribution in [-0.4, -0.2) is 30.0 Å². The van der Waals surface area contributed by atoms with E-state index in [9.17, 15) is 9.59 Å². The predicted octanol–water partition coefficient (Wildman–Crippen LogP) is 0.154. The Hall–Kier alpha value is -0.0305. The van der Waals surface area contributed by atoms with Gasteiger partial charge in [-0.05, 0) is 18.4 Å². The van der Waals surface area contributed by atoms with Gasteiger partial charge in [-0.2, -0.15) is 11.8 Å². The summed E-state index contributed by atoms with van der Waals surface area (Å²) in [5.41, 5.74) is 5.41. The van der Waals surface area contributed by atoms with E-state index in [2.05, 4.69) is 4.74 Å². The Labute approximate surface area is 92.4 Å². The van der Waals surface area contributed by atoms with Crippen molar-refractivity contribution in [2.24, 2.45) is 5.73 Å². The van der Waals surface area contributed by atoms with Gasteiger partial charge in [-0.15, -0.1) is 0 Å². The normalized spacial score (nSPS) is 11.3. The fourth-order valence-electron chi connectivity index (χ4n) is 0.580. The number of thioether (sulfide) groups is 1. The van der Waals surface area contributed by atoms with Crippen LogP contribution in [0.15, 0.2) is 0 Å². The maximum absolute atomic E-state index is 10.9. The van der Waals surface area contributed by atoms with E-state index in [4.69, 9.17) is 5.73 Å². The molecule has 0 saturated heterocycles. The van der Waals surface area contributed by atoms with E-state index in [0.29, 0.717) is 6.42 Å². The van der Waals surface area contributed by atoms with Gasteiger partial charge in [-0.3, -0.25) is 4.79 Å². The number of rotatable bonds is 4. The molecule has 0 fully saturated rings. The molecule has 0 aliphatic rings. The van der Waals surface area contributed by atoms with Gasteiger partial charge in [-0.25, -0.2) is 4.79 Å². The van der Waals surface area contributed by atoms with Crippen LogP contribution < -0.4 is 5.73 Å². The number of esters is 2. The third-order valence-electron chi connectivity index (χ3n) is 1.18. The van der Waals surface area contributed by atoms with Crippen LogP contribution in [-0.2, 0) is 31.4 Å². The smallest absolute Gasteiger partial charge is 0.330 e. The molecule has 4 nitrogen and oxygen atoms in total. The Kier molecular flexibility index (Phi) is 10.2. The molecule has 0 aromatic rings. The van der Waals surface area contributed by atoms with E-state index in [0.717, 1.165) is 5.75 Å². The number of carbonyl (C=O) groups excluding carboxylic acids is 2. The molecule has 0 aromatic carbocycles. The van der Waals surface area contributed by atoms with E-state index in [-0.39, 0.29) is 17.1 Å². The first-order valence-corrected chi connectivity index (χ1v) is 4.94. The zero-order chi connectivity index (χ0) is 9.56. The summed E-state index contributed by atoms with van der Waals surface area (Å²) >= 11 is 1.59. The van der Waals surface area contributed by atoms with E-state index >= 15 is 0 Å². The summed E-state index contributed by atoms with van der Waals surface area (Å²) in [5.74, 6) is -0.468. The Morgan fingerprint density at radius 3 is 2.46 bits per heavy atom. The van der Waals surface area contributed by atoms with Crippen molar-refractivity contribution in [3.63, 3.8) is 0 Å². The molecular weight excluding hydrogens is 233 g/mol. The molecule has 77 valence electrons. The van der Waals surface area contributed by atoms with Crippen LogP contribution in [0.25, 0.3) is 0 Å². The molecule has 0 saturated carbocycles. The molecule has 0 bridgehead atoms. The van der Waals surface area contributed by atoms with Gasteiger partial charge in [0, 0.05) is 24.0 Å². The summed E-state index contributed by atoms with van der Waals surface area (Å²) in [5, 5.41) is 0. The standard InChI is InChI=1S/C7H13NO3S.Mn/c1-5(9)11-7(10)6(8)3-4-12-2;/h6H,3-4,8H2,1-2H3;. The summed E-state index contributed by atoms with van der Waals surface area (Å²) in [6.07, 6.45) is 2.45. The second-order valence-electron chi connectivity index (χ2n) is 2.30. The molecule has 0 aliphatic carbocycles. The van der Waals surface area contributed by atoms with E-state index < -0.39 is 18.0 Å². The van der Waals surface area contributed by atoms with E-state index in [1.54, 1.807) is 11.8 Å². The Balaban J connectivity index is 0. The molecule has 1 atom stereocenters. The van der Waals surface area contributed by atoms with Crippen LogP contribution in [0.4, 0.5) is 0 Å². The average molecular weight is 246 g/mol. The van der Waals surface area contributed by atoms with Crippen molar-refractivity contribution in [2.45, 2.75) is 19.4 Å². The molecule has 0 aliphatic heterocycles. The van der Waals surface area contributed by atoms with Crippen molar-refractivity contribution >= 4 is 23.7 Å². The SMILES string of the molecule is CSCCC(N)C(=O)OC(C)=O.[Mn]. The van der Waals surface area contributed by atoms with Crippen LogP contribution in [0.5, 0.6) is 0 Å². The fraction of sp³-hybridized carbons (Fsp3) is 0.714. The zero-order valence-corrected chi connectivity index (χ0v) is 9.58. The van der Waals surface area contributed by atoms with Crippen LogP contribution in [0.3, 0.4) is 0 Å². The third kappa shape index (κ3) is 8.30. The molecule has 2 N–H and O–H groups in total. The molecule has 0 amide bonds. The van der Waals surface area contributed by atoms with Crippen LogP contribution in [0.1, 0.15) is 13.3 Å². The summed E-state index contributed by atoms with van der Waals surface area (Å²) < 4.78 is 4.30. The molecule has 0 aromatic heterocycles. The molecule has 6 heteroatoms. The number of hydrogen-bond donors (Lipinski definition) is 1. The van der Waals surface area contributed by atoms with Gasteiger partial charge in [0.1, 0.15) is 6.04 Å².